The smallest absolute Gasteiger partial charge is 0.371 e. The van der Waals surface area contributed by atoms with Crippen LogP contribution in [-0.2, 0) is 11.3 Å². The number of nitrogens with zero attached hydrogens (tertiary/aromatic N) is 1. The maximum absolute atomic E-state index is 11.0. The van der Waals surface area contributed by atoms with Gasteiger partial charge < -0.3 is 14.8 Å². The molecule has 88 valence electrons. The van der Waals surface area contributed by atoms with E-state index in [2.05, 4.69) is 5.32 Å². The van der Waals surface area contributed by atoms with Crippen LogP contribution in [0.25, 0.3) is 0 Å². The molecule has 1 heterocycles. The zero-order valence-electron chi connectivity index (χ0n) is 9.19. The van der Waals surface area contributed by atoms with Crippen LogP contribution in [0.5, 0.6) is 0 Å². The summed E-state index contributed by atoms with van der Waals surface area (Å²) >= 11 is 0. The second-order valence-corrected chi connectivity index (χ2v) is 3.42. The molecule has 1 rings (SSSR count). The van der Waals surface area contributed by atoms with E-state index in [-0.39, 0.29) is 18.2 Å². The highest BCUT2D eigenvalue weighted by atomic mass is 16.4. The Kier molecular flexibility index (Phi) is 4.07. The number of carbonyl (C=O) groups is 2. The maximum Gasteiger partial charge on any atom is 0.371 e. The van der Waals surface area contributed by atoms with Crippen molar-refractivity contribution >= 4 is 11.9 Å². The van der Waals surface area contributed by atoms with Gasteiger partial charge in [-0.15, -0.1) is 0 Å². The van der Waals surface area contributed by atoms with E-state index in [9.17, 15) is 9.59 Å². The predicted octanol–water partition coefficient (Wildman–Crippen LogP) is 0.156. The Balaban J connectivity index is 2.52. The third kappa shape index (κ3) is 3.39. The lowest BCUT2D eigenvalue weighted by Gasteiger charge is -2.13. The SMILES string of the molecule is CNC(=O)CN(C)Cc1ccc(C(=O)O)o1. The molecule has 0 spiro atoms. The highest BCUT2D eigenvalue weighted by Crippen LogP contribution is 2.09. The van der Waals surface area contributed by atoms with Gasteiger partial charge in [0, 0.05) is 7.05 Å². The number of furan rings is 1. The molecule has 0 radical (unpaired) electrons. The number of amides is 1. The Morgan fingerprint density at radius 1 is 1.50 bits per heavy atom. The lowest BCUT2D eigenvalue weighted by molar-refractivity contribution is -0.121. The second-order valence-electron chi connectivity index (χ2n) is 3.42. The van der Waals surface area contributed by atoms with Crippen LogP contribution in [0.3, 0.4) is 0 Å². The molecule has 6 nitrogen and oxygen atoms in total. The van der Waals surface area contributed by atoms with Crippen LogP contribution in [0.15, 0.2) is 16.5 Å². The van der Waals surface area contributed by atoms with E-state index in [0.29, 0.717) is 12.3 Å². The van der Waals surface area contributed by atoms with Crippen LogP contribution in [0, 0.1) is 0 Å². The summed E-state index contributed by atoms with van der Waals surface area (Å²) < 4.78 is 5.06. The van der Waals surface area contributed by atoms with Crippen molar-refractivity contribution in [1.29, 1.82) is 0 Å². The number of carbonyl (C=O) groups excluding carboxylic acids is 1. The molecule has 0 aliphatic rings. The highest BCUT2D eigenvalue weighted by Gasteiger charge is 2.11. The van der Waals surface area contributed by atoms with Crippen molar-refractivity contribution in [2.75, 3.05) is 20.6 Å². The van der Waals surface area contributed by atoms with Crippen molar-refractivity contribution in [2.24, 2.45) is 0 Å². The normalized spacial score (nSPS) is 10.4. The van der Waals surface area contributed by atoms with E-state index in [1.807, 2.05) is 0 Å². The Morgan fingerprint density at radius 2 is 2.19 bits per heavy atom. The van der Waals surface area contributed by atoms with Crippen LogP contribution in [-0.4, -0.2) is 42.5 Å². The van der Waals surface area contributed by atoms with Crippen LogP contribution in [0.4, 0.5) is 0 Å². The van der Waals surface area contributed by atoms with E-state index in [0.717, 1.165) is 0 Å². The summed E-state index contributed by atoms with van der Waals surface area (Å²) in [5.41, 5.74) is 0. The van der Waals surface area contributed by atoms with Crippen molar-refractivity contribution in [3.63, 3.8) is 0 Å². The molecule has 0 aliphatic heterocycles. The average Bonchev–Trinajstić information content (AvgIpc) is 2.65. The third-order valence-corrected chi connectivity index (χ3v) is 1.99. The van der Waals surface area contributed by atoms with Gasteiger partial charge >= 0.3 is 5.97 Å². The summed E-state index contributed by atoms with van der Waals surface area (Å²) in [7, 11) is 3.31. The molecule has 6 heteroatoms. The molecule has 0 atom stereocenters. The molecular weight excluding hydrogens is 212 g/mol. The molecule has 2 N–H and O–H groups in total. The molecule has 0 unspecified atom stereocenters. The lowest BCUT2D eigenvalue weighted by atomic mass is 10.4. The van der Waals surface area contributed by atoms with E-state index in [1.54, 1.807) is 25.1 Å². The number of aromatic carboxylic acids is 1. The van der Waals surface area contributed by atoms with E-state index < -0.39 is 5.97 Å². The van der Waals surface area contributed by atoms with Crippen molar-refractivity contribution in [1.82, 2.24) is 10.2 Å². The molecule has 0 bridgehead atoms. The van der Waals surface area contributed by atoms with Gasteiger partial charge in [0.05, 0.1) is 13.1 Å². The first-order valence-corrected chi connectivity index (χ1v) is 4.74. The van der Waals surface area contributed by atoms with E-state index in [4.69, 9.17) is 9.52 Å². The summed E-state index contributed by atoms with van der Waals surface area (Å²) in [6, 6.07) is 2.98. The number of carboxylic acid groups (broad SMARTS) is 1. The first-order chi connectivity index (χ1) is 7.52. The van der Waals surface area contributed by atoms with Crippen LogP contribution < -0.4 is 5.32 Å². The van der Waals surface area contributed by atoms with Gasteiger partial charge in [-0.05, 0) is 19.2 Å². The number of nitrogens with one attached hydrogen (secondary N) is 1. The topological polar surface area (TPSA) is 82.8 Å². The first-order valence-electron chi connectivity index (χ1n) is 4.74. The standard InChI is InChI=1S/C10H14N2O4/c1-11-9(13)6-12(2)5-7-3-4-8(16-7)10(14)15/h3-4H,5-6H2,1-2H3,(H,11,13)(H,14,15). The summed E-state index contributed by atoms with van der Waals surface area (Å²) in [4.78, 5) is 23.3. The van der Waals surface area contributed by atoms with E-state index >= 15 is 0 Å². The summed E-state index contributed by atoms with van der Waals surface area (Å²) in [6.07, 6.45) is 0. The van der Waals surface area contributed by atoms with Crippen LogP contribution >= 0.6 is 0 Å². The first kappa shape index (κ1) is 12.3. The van der Waals surface area contributed by atoms with Gasteiger partial charge in [0.15, 0.2) is 0 Å². The van der Waals surface area contributed by atoms with Crippen molar-refractivity contribution < 1.29 is 19.1 Å². The van der Waals surface area contributed by atoms with Crippen LogP contribution in [0.1, 0.15) is 16.3 Å². The van der Waals surface area contributed by atoms with Gasteiger partial charge in [0.2, 0.25) is 11.7 Å². The molecule has 1 amide bonds. The zero-order chi connectivity index (χ0) is 12.1. The molecular formula is C10H14N2O4. The monoisotopic (exact) mass is 226 g/mol. The molecule has 0 aliphatic carbocycles. The second kappa shape index (κ2) is 5.32. The summed E-state index contributed by atoms with van der Waals surface area (Å²) in [6.45, 7) is 0.625. The molecule has 0 saturated heterocycles. The fourth-order valence-electron chi connectivity index (χ4n) is 1.22. The van der Waals surface area contributed by atoms with Gasteiger partial charge in [-0.1, -0.05) is 0 Å². The quantitative estimate of drug-likeness (QED) is 0.747. The summed E-state index contributed by atoms with van der Waals surface area (Å²) in [5, 5.41) is 11.1. The Labute approximate surface area is 92.8 Å². The van der Waals surface area contributed by atoms with Gasteiger partial charge in [0.1, 0.15) is 5.76 Å². The van der Waals surface area contributed by atoms with E-state index in [1.165, 1.54) is 6.07 Å². The number of carboxylic acids is 1. The molecule has 0 fully saturated rings. The molecule has 1 aromatic heterocycles. The van der Waals surface area contributed by atoms with Gasteiger partial charge in [-0.2, -0.15) is 0 Å². The van der Waals surface area contributed by atoms with Gasteiger partial charge in [-0.3, -0.25) is 9.69 Å². The highest BCUT2D eigenvalue weighted by molar-refractivity contribution is 5.84. The Hall–Kier alpha value is -1.82. The fourth-order valence-corrected chi connectivity index (χ4v) is 1.22. The summed E-state index contributed by atoms with van der Waals surface area (Å²) in [5.74, 6) is -0.778. The number of likely N-dealkylation sites (N-methyl/N-ethyl adjacent to an activating group) is 2. The molecule has 0 saturated carbocycles. The largest absolute Gasteiger partial charge is 0.475 e. The van der Waals surface area contributed by atoms with Crippen molar-refractivity contribution in [2.45, 2.75) is 6.54 Å². The zero-order valence-corrected chi connectivity index (χ0v) is 9.19. The van der Waals surface area contributed by atoms with Crippen molar-refractivity contribution in [3.8, 4) is 0 Å². The molecule has 0 aromatic carbocycles. The van der Waals surface area contributed by atoms with Gasteiger partial charge in [-0.25, -0.2) is 4.79 Å². The molecule has 16 heavy (non-hydrogen) atoms. The Bertz CT molecular complexity index is 386. The minimum absolute atomic E-state index is 0.0941. The number of hydrogen-bond donors (Lipinski definition) is 2. The third-order valence-electron chi connectivity index (χ3n) is 1.99. The van der Waals surface area contributed by atoms with Gasteiger partial charge in [0.25, 0.3) is 0 Å². The maximum atomic E-state index is 11.0. The van der Waals surface area contributed by atoms with Crippen molar-refractivity contribution in [3.05, 3.63) is 23.7 Å². The Morgan fingerprint density at radius 3 is 2.69 bits per heavy atom. The minimum Gasteiger partial charge on any atom is -0.475 e. The molecule has 1 aromatic rings. The minimum atomic E-state index is -1.10. The number of rotatable bonds is 5. The average molecular weight is 226 g/mol. The fraction of sp³-hybridized carbons (Fsp3) is 0.400. The van der Waals surface area contributed by atoms with Crippen LogP contribution in [0.2, 0.25) is 0 Å². The predicted molar refractivity (Wildman–Crippen MR) is 56.1 cm³/mol. The number of hydrogen-bond acceptors (Lipinski definition) is 4. The lowest BCUT2D eigenvalue weighted by Crippen LogP contribution is -2.32.